The van der Waals surface area contributed by atoms with Crippen LogP contribution in [0.3, 0.4) is 0 Å². The molecule has 0 heterocycles. The van der Waals surface area contributed by atoms with Crippen molar-refractivity contribution in [3.8, 4) is 11.5 Å². The Morgan fingerprint density at radius 1 is 1.09 bits per heavy atom. The molecule has 1 unspecified atom stereocenters. The van der Waals surface area contributed by atoms with E-state index in [-0.39, 0.29) is 6.61 Å². The Morgan fingerprint density at radius 3 is 2.36 bits per heavy atom. The zero-order valence-corrected chi connectivity index (χ0v) is 12.4. The molecule has 0 N–H and O–H groups in total. The van der Waals surface area contributed by atoms with E-state index < -0.39 is 17.7 Å². The third-order valence-corrected chi connectivity index (χ3v) is 3.21. The molecule has 0 aliphatic heterocycles. The predicted octanol–water partition coefficient (Wildman–Crippen LogP) is 3.17. The summed E-state index contributed by atoms with van der Waals surface area (Å²) < 4.78 is 28.8. The topological polar surface area (TPSA) is 44.8 Å². The van der Waals surface area contributed by atoms with Crippen LogP contribution in [0, 0.1) is 5.82 Å². The van der Waals surface area contributed by atoms with E-state index in [1.807, 2.05) is 0 Å². The number of rotatable bonds is 6. The molecule has 0 aromatic heterocycles. The van der Waals surface area contributed by atoms with Gasteiger partial charge in [-0.3, -0.25) is 4.79 Å². The molecule has 2 rings (SSSR count). The number of halogens is 1. The lowest BCUT2D eigenvalue weighted by Gasteiger charge is -2.16. The number of methoxy groups -OCH3 is 2. The summed E-state index contributed by atoms with van der Waals surface area (Å²) in [6, 6.07) is 12.8. The molecule has 0 amide bonds. The van der Waals surface area contributed by atoms with Crippen LogP contribution in [0.5, 0.6) is 11.5 Å². The molecule has 4 nitrogen and oxygen atoms in total. The molecule has 0 radical (unpaired) electrons. The molecule has 116 valence electrons. The first-order chi connectivity index (χ1) is 10.6. The van der Waals surface area contributed by atoms with E-state index in [0.29, 0.717) is 17.1 Å². The maximum absolute atomic E-state index is 13.3. The van der Waals surface area contributed by atoms with Gasteiger partial charge in [-0.25, -0.2) is 4.39 Å². The van der Waals surface area contributed by atoms with Crippen molar-refractivity contribution >= 4 is 5.97 Å². The van der Waals surface area contributed by atoms with Gasteiger partial charge in [-0.2, -0.15) is 0 Å². The lowest BCUT2D eigenvalue weighted by Crippen LogP contribution is -2.21. The maximum atomic E-state index is 13.3. The summed E-state index contributed by atoms with van der Waals surface area (Å²) in [6.45, 7) is 0.0580. The van der Waals surface area contributed by atoms with Gasteiger partial charge in [0.1, 0.15) is 29.8 Å². The summed E-state index contributed by atoms with van der Waals surface area (Å²) in [7, 11) is 2.87. The van der Waals surface area contributed by atoms with Crippen molar-refractivity contribution in [1.29, 1.82) is 0 Å². The monoisotopic (exact) mass is 304 g/mol. The Hall–Kier alpha value is -2.56. The molecular formula is C17H17FO4. The van der Waals surface area contributed by atoms with Gasteiger partial charge in [0.25, 0.3) is 0 Å². The fourth-order valence-corrected chi connectivity index (χ4v) is 2.02. The van der Waals surface area contributed by atoms with Crippen LogP contribution in [0.25, 0.3) is 0 Å². The van der Waals surface area contributed by atoms with Crippen molar-refractivity contribution in [2.45, 2.75) is 5.92 Å². The molecule has 0 saturated carbocycles. The SMILES string of the molecule is COC(=O)C(COc1ccc(OC)cc1)c1cccc(F)c1. The van der Waals surface area contributed by atoms with Gasteiger partial charge in [0.2, 0.25) is 0 Å². The van der Waals surface area contributed by atoms with Crippen LogP contribution in [0.4, 0.5) is 4.39 Å². The molecule has 1 atom stereocenters. The van der Waals surface area contributed by atoms with E-state index in [2.05, 4.69) is 0 Å². The minimum atomic E-state index is -0.692. The molecule has 0 aliphatic rings. The fraction of sp³-hybridized carbons (Fsp3) is 0.235. The average molecular weight is 304 g/mol. The number of ether oxygens (including phenoxy) is 3. The summed E-state index contributed by atoms with van der Waals surface area (Å²) in [5.74, 6) is -0.272. The standard InChI is InChI=1S/C17H17FO4/c1-20-14-6-8-15(9-7-14)22-11-16(17(19)21-2)12-4-3-5-13(18)10-12/h3-10,16H,11H2,1-2H3. The van der Waals surface area contributed by atoms with Crippen molar-refractivity contribution in [3.63, 3.8) is 0 Å². The fourth-order valence-electron chi connectivity index (χ4n) is 2.02. The number of hydrogen-bond donors (Lipinski definition) is 0. The second-order valence-electron chi connectivity index (χ2n) is 4.62. The van der Waals surface area contributed by atoms with Crippen molar-refractivity contribution in [2.75, 3.05) is 20.8 Å². The summed E-state index contributed by atoms with van der Waals surface area (Å²) in [5, 5.41) is 0. The van der Waals surface area contributed by atoms with Crippen LogP contribution in [0.2, 0.25) is 0 Å². The maximum Gasteiger partial charge on any atom is 0.316 e. The molecule has 2 aromatic rings. The smallest absolute Gasteiger partial charge is 0.316 e. The Morgan fingerprint density at radius 2 is 1.77 bits per heavy atom. The van der Waals surface area contributed by atoms with E-state index in [0.717, 1.165) is 0 Å². The highest BCUT2D eigenvalue weighted by Crippen LogP contribution is 2.22. The van der Waals surface area contributed by atoms with Gasteiger partial charge >= 0.3 is 5.97 Å². The summed E-state index contributed by atoms with van der Waals surface area (Å²) in [4.78, 5) is 11.9. The number of carbonyl (C=O) groups excluding carboxylic acids is 1. The molecule has 0 spiro atoms. The summed E-state index contributed by atoms with van der Waals surface area (Å²) in [6.07, 6.45) is 0. The average Bonchev–Trinajstić information content (AvgIpc) is 2.55. The number of carbonyl (C=O) groups is 1. The lowest BCUT2D eigenvalue weighted by molar-refractivity contribution is -0.143. The normalized spacial score (nSPS) is 11.6. The quantitative estimate of drug-likeness (QED) is 0.769. The molecule has 0 fully saturated rings. The second kappa shape index (κ2) is 7.45. The van der Waals surface area contributed by atoms with Crippen LogP contribution < -0.4 is 9.47 Å². The van der Waals surface area contributed by atoms with E-state index >= 15 is 0 Å². The van der Waals surface area contributed by atoms with Gasteiger partial charge in [-0.1, -0.05) is 12.1 Å². The second-order valence-corrected chi connectivity index (χ2v) is 4.62. The van der Waals surface area contributed by atoms with Crippen molar-refractivity contribution < 1.29 is 23.4 Å². The number of esters is 1. The van der Waals surface area contributed by atoms with Crippen LogP contribution in [0.1, 0.15) is 11.5 Å². The molecular weight excluding hydrogens is 287 g/mol. The van der Waals surface area contributed by atoms with E-state index in [4.69, 9.17) is 14.2 Å². The Labute approximate surface area is 128 Å². The van der Waals surface area contributed by atoms with Gasteiger partial charge in [0, 0.05) is 0 Å². The van der Waals surface area contributed by atoms with Gasteiger partial charge in [0.05, 0.1) is 14.2 Å². The van der Waals surface area contributed by atoms with E-state index in [9.17, 15) is 9.18 Å². The minimum Gasteiger partial charge on any atom is -0.497 e. The lowest BCUT2D eigenvalue weighted by atomic mass is 10.00. The predicted molar refractivity (Wildman–Crippen MR) is 79.6 cm³/mol. The molecule has 2 aromatic carbocycles. The highest BCUT2D eigenvalue weighted by Gasteiger charge is 2.23. The zero-order valence-electron chi connectivity index (χ0n) is 12.4. The molecule has 22 heavy (non-hydrogen) atoms. The summed E-state index contributed by atoms with van der Waals surface area (Å²) in [5.41, 5.74) is 0.514. The first kappa shape index (κ1) is 15.8. The van der Waals surface area contributed by atoms with E-state index in [1.165, 1.54) is 19.2 Å². The Balaban J connectivity index is 2.11. The minimum absolute atomic E-state index is 0.0580. The summed E-state index contributed by atoms with van der Waals surface area (Å²) >= 11 is 0. The van der Waals surface area contributed by atoms with Crippen LogP contribution in [-0.4, -0.2) is 26.8 Å². The zero-order chi connectivity index (χ0) is 15.9. The van der Waals surface area contributed by atoms with Gasteiger partial charge < -0.3 is 14.2 Å². The van der Waals surface area contributed by atoms with Crippen LogP contribution in [-0.2, 0) is 9.53 Å². The first-order valence-corrected chi connectivity index (χ1v) is 6.74. The number of hydrogen-bond acceptors (Lipinski definition) is 4. The third kappa shape index (κ3) is 3.97. The van der Waals surface area contributed by atoms with Gasteiger partial charge in [-0.15, -0.1) is 0 Å². The highest BCUT2D eigenvalue weighted by atomic mass is 19.1. The molecule has 5 heteroatoms. The first-order valence-electron chi connectivity index (χ1n) is 6.74. The highest BCUT2D eigenvalue weighted by molar-refractivity contribution is 5.78. The molecule has 0 aliphatic carbocycles. The van der Waals surface area contributed by atoms with Crippen LogP contribution >= 0.6 is 0 Å². The molecule has 0 bridgehead atoms. The third-order valence-electron chi connectivity index (χ3n) is 3.21. The number of benzene rings is 2. The van der Waals surface area contributed by atoms with Gasteiger partial charge in [0.15, 0.2) is 0 Å². The largest absolute Gasteiger partial charge is 0.497 e. The Kier molecular flexibility index (Phi) is 5.36. The van der Waals surface area contributed by atoms with Crippen LogP contribution in [0.15, 0.2) is 48.5 Å². The van der Waals surface area contributed by atoms with Crippen molar-refractivity contribution in [2.24, 2.45) is 0 Å². The van der Waals surface area contributed by atoms with E-state index in [1.54, 1.807) is 43.5 Å². The van der Waals surface area contributed by atoms with Gasteiger partial charge in [-0.05, 0) is 42.0 Å². The molecule has 0 saturated heterocycles. The Bertz CT molecular complexity index is 625. The van der Waals surface area contributed by atoms with Crippen molar-refractivity contribution in [3.05, 3.63) is 59.9 Å². The van der Waals surface area contributed by atoms with Crippen molar-refractivity contribution in [1.82, 2.24) is 0 Å².